The number of hydrogen-bond acceptors (Lipinski definition) is 5. The Morgan fingerprint density at radius 3 is 2.92 bits per heavy atom. The fraction of sp³-hybridized carbons (Fsp3) is 0.444. The number of nitrogens with one attached hydrogen (secondary N) is 1. The van der Waals surface area contributed by atoms with Crippen LogP contribution in [0.5, 0.6) is 5.75 Å². The van der Waals surface area contributed by atoms with Crippen molar-refractivity contribution in [2.45, 2.75) is 25.3 Å². The molecule has 6 heteroatoms. The van der Waals surface area contributed by atoms with Gasteiger partial charge in [0.25, 0.3) is 0 Å². The third-order valence-electron chi connectivity index (χ3n) is 4.27. The van der Waals surface area contributed by atoms with Crippen LogP contribution in [0.25, 0.3) is 0 Å². The van der Waals surface area contributed by atoms with Gasteiger partial charge in [-0.1, -0.05) is 12.1 Å². The van der Waals surface area contributed by atoms with Gasteiger partial charge in [-0.3, -0.25) is 4.79 Å². The number of ether oxygens (including phenoxy) is 1. The number of rotatable bonds is 7. The van der Waals surface area contributed by atoms with Gasteiger partial charge in [0, 0.05) is 17.8 Å². The Kier molecular flexibility index (Phi) is 5.88. The van der Waals surface area contributed by atoms with Crippen LogP contribution in [-0.4, -0.2) is 29.8 Å². The number of hydrogen-bond donors (Lipinski definition) is 1. The summed E-state index contributed by atoms with van der Waals surface area (Å²) >= 11 is 5.65. The number of oxazole rings is 1. The number of piperidine rings is 1. The summed E-state index contributed by atoms with van der Waals surface area (Å²) in [6.45, 7) is 1.51. The Balaban J connectivity index is 1.72. The number of aromatic nitrogens is 1. The first kappa shape index (κ1) is 17.0. The molecule has 128 valence electrons. The van der Waals surface area contributed by atoms with Crippen molar-refractivity contribution >= 4 is 17.4 Å². The number of alkyl halides is 1. The maximum absolute atomic E-state index is 12.7. The van der Waals surface area contributed by atoms with Crippen LogP contribution in [0.2, 0.25) is 0 Å². The predicted molar refractivity (Wildman–Crippen MR) is 91.6 cm³/mol. The van der Waals surface area contributed by atoms with Crippen LogP contribution >= 0.6 is 11.6 Å². The van der Waals surface area contributed by atoms with Crippen molar-refractivity contribution in [2.24, 2.45) is 5.92 Å². The molecular weight excluding hydrogens is 328 g/mol. The third-order valence-corrected chi connectivity index (χ3v) is 4.53. The van der Waals surface area contributed by atoms with E-state index >= 15 is 0 Å². The lowest BCUT2D eigenvalue weighted by Gasteiger charge is -2.31. The summed E-state index contributed by atoms with van der Waals surface area (Å²) in [6, 6.07) is 7.90. The first-order valence-corrected chi connectivity index (χ1v) is 8.77. The van der Waals surface area contributed by atoms with E-state index in [1.54, 1.807) is 0 Å². The molecule has 2 heterocycles. The molecule has 1 fully saturated rings. The molecule has 1 aliphatic heterocycles. The molecule has 2 unspecified atom stereocenters. The second kappa shape index (κ2) is 8.31. The lowest BCUT2D eigenvalue weighted by atomic mass is 9.82. The largest absolute Gasteiger partial charge is 0.494 e. The van der Waals surface area contributed by atoms with Crippen molar-refractivity contribution in [1.29, 1.82) is 0 Å². The summed E-state index contributed by atoms with van der Waals surface area (Å²) < 4.78 is 10.6. The number of benzene rings is 1. The molecule has 0 bridgehead atoms. The predicted octanol–water partition coefficient (Wildman–Crippen LogP) is 3.61. The smallest absolute Gasteiger partial charge is 0.189 e. The summed E-state index contributed by atoms with van der Waals surface area (Å²) in [7, 11) is 0. The number of halogens is 1. The van der Waals surface area contributed by atoms with Crippen LogP contribution in [-0.2, 0) is 0 Å². The van der Waals surface area contributed by atoms with Gasteiger partial charge in [0.05, 0.1) is 6.61 Å². The summed E-state index contributed by atoms with van der Waals surface area (Å²) in [5.41, 5.74) is 1.48. The van der Waals surface area contributed by atoms with Crippen molar-refractivity contribution in [1.82, 2.24) is 10.3 Å². The number of carbonyl (C=O) groups excluding carboxylic acids is 1. The molecule has 1 aromatic heterocycles. The zero-order chi connectivity index (χ0) is 16.8. The zero-order valence-electron chi connectivity index (χ0n) is 13.4. The maximum atomic E-state index is 12.7. The van der Waals surface area contributed by atoms with Gasteiger partial charge < -0.3 is 14.5 Å². The van der Waals surface area contributed by atoms with Crippen LogP contribution < -0.4 is 10.1 Å². The van der Waals surface area contributed by atoms with Crippen molar-refractivity contribution < 1.29 is 13.9 Å². The third kappa shape index (κ3) is 3.97. The fourth-order valence-electron chi connectivity index (χ4n) is 3.06. The van der Waals surface area contributed by atoms with E-state index in [0.29, 0.717) is 18.2 Å². The van der Waals surface area contributed by atoms with Crippen molar-refractivity contribution in [3.63, 3.8) is 0 Å². The molecule has 0 saturated carbocycles. The first-order valence-electron chi connectivity index (χ1n) is 8.24. The Labute approximate surface area is 146 Å². The monoisotopic (exact) mass is 348 g/mol. The molecule has 3 rings (SSSR count). The van der Waals surface area contributed by atoms with Crippen molar-refractivity contribution in [3.05, 3.63) is 48.2 Å². The van der Waals surface area contributed by atoms with E-state index in [9.17, 15) is 4.79 Å². The molecule has 2 aromatic rings. The van der Waals surface area contributed by atoms with Crippen LogP contribution in [0.3, 0.4) is 0 Å². The summed E-state index contributed by atoms with van der Waals surface area (Å²) in [4.78, 5) is 16.7. The van der Waals surface area contributed by atoms with Crippen LogP contribution in [0.15, 0.2) is 41.3 Å². The zero-order valence-corrected chi connectivity index (χ0v) is 14.2. The quantitative estimate of drug-likeness (QED) is 0.470. The molecule has 0 spiro atoms. The van der Waals surface area contributed by atoms with Gasteiger partial charge in [-0.15, -0.1) is 11.6 Å². The van der Waals surface area contributed by atoms with Crippen LogP contribution in [0.1, 0.15) is 41.4 Å². The number of carbonyl (C=O) groups is 1. The summed E-state index contributed by atoms with van der Waals surface area (Å²) in [5.74, 6) is 1.31. The minimum atomic E-state index is -0.133. The first-order chi connectivity index (χ1) is 11.8. The fourth-order valence-corrected chi connectivity index (χ4v) is 3.17. The highest BCUT2D eigenvalue weighted by atomic mass is 35.5. The molecule has 1 N–H and O–H groups in total. The molecule has 0 radical (unpaired) electrons. The highest BCUT2D eigenvalue weighted by Gasteiger charge is 2.33. The van der Waals surface area contributed by atoms with E-state index in [-0.39, 0.29) is 17.7 Å². The minimum Gasteiger partial charge on any atom is -0.494 e. The lowest BCUT2D eigenvalue weighted by molar-refractivity contribution is 0.0853. The van der Waals surface area contributed by atoms with Crippen LogP contribution in [0, 0.1) is 5.92 Å². The van der Waals surface area contributed by atoms with Gasteiger partial charge in [0.15, 0.2) is 12.2 Å². The molecular formula is C18H21ClN2O3. The summed E-state index contributed by atoms with van der Waals surface area (Å²) in [6.07, 6.45) is 5.36. The van der Waals surface area contributed by atoms with Gasteiger partial charge in [0.2, 0.25) is 0 Å². The van der Waals surface area contributed by atoms with Gasteiger partial charge in [-0.2, -0.15) is 0 Å². The van der Waals surface area contributed by atoms with E-state index in [1.165, 1.54) is 12.7 Å². The van der Waals surface area contributed by atoms with Crippen LogP contribution in [0.4, 0.5) is 0 Å². The van der Waals surface area contributed by atoms with Gasteiger partial charge in [-0.25, -0.2) is 4.98 Å². The maximum Gasteiger partial charge on any atom is 0.189 e. The van der Waals surface area contributed by atoms with Gasteiger partial charge >= 0.3 is 0 Å². The number of Topliss-reactive ketones (excluding diaryl/α,β-unsaturated/α-hetero) is 1. The Hall–Kier alpha value is -1.85. The second-order valence-electron chi connectivity index (χ2n) is 5.88. The SMILES string of the molecule is O=C(c1cocn1)C1CCCNC1c1ccc(OCCCCl)cc1. The number of ketones is 1. The standard InChI is InChI=1S/C18H21ClN2O3/c19-8-2-10-24-14-6-4-13(5-7-14)17-15(3-1-9-20-17)18(22)16-11-23-12-21-16/h4-7,11-12,15,17,20H,1-3,8-10H2. The van der Waals surface area contributed by atoms with E-state index in [2.05, 4.69) is 10.3 Å². The van der Waals surface area contributed by atoms with E-state index in [4.69, 9.17) is 20.8 Å². The second-order valence-corrected chi connectivity index (χ2v) is 6.26. The molecule has 1 aromatic carbocycles. The van der Waals surface area contributed by atoms with Crippen molar-refractivity contribution in [3.8, 4) is 5.75 Å². The van der Waals surface area contributed by atoms with Gasteiger partial charge in [0.1, 0.15) is 17.7 Å². The van der Waals surface area contributed by atoms with E-state index < -0.39 is 0 Å². The topological polar surface area (TPSA) is 64.4 Å². The Morgan fingerprint density at radius 1 is 1.38 bits per heavy atom. The molecule has 1 saturated heterocycles. The molecule has 2 atom stereocenters. The van der Waals surface area contributed by atoms with E-state index in [1.807, 2.05) is 24.3 Å². The Bertz CT molecular complexity index is 643. The molecule has 0 aliphatic carbocycles. The minimum absolute atomic E-state index is 0.0140. The average molecular weight is 349 g/mol. The highest BCUT2D eigenvalue weighted by Crippen LogP contribution is 2.32. The normalized spacial score (nSPS) is 20.7. The molecule has 5 nitrogen and oxygen atoms in total. The Morgan fingerprint density at radius 2 is 2.21 bits per heavy atom. The van der Waals surface area contributed by atoms with Crippen molar-refractivity contribution in [2.75, 3.05) is 19.0 Å². The average Bonchev–Trinajstić information content (AvgIpc) is 3.17. The number of nitrogens with zero attached hydrogens (tertiary/aromatic N) is 1. The lowest BCUT2D eigenvalue weighted by Crippen LogP contribution is -2.38. The van der Waals surface area contributed by atoms with E-state index in [0.717, 1.165) is 37.1 Å². The summed E-state index contributed by atoms with van der Waals surface area (Å²) in [5, 5.41) is 3.46. The molecule has 1 aliphatic rings. The highest BCUT2D eigenvalue weighted by molar-refractivity contribution is 6.17. The van der Waals surface area contributed by atoms with Gasteiger partial charge in [-0.05, 0) is 43.5 Å². The molecule has 24 heavy (non-hydrogen) atoms. The molecule has 0 amide bonds.